The summed E-state index contributed by atoms with van der Waals surface area (Å²) in [6.07, 6.45) is -0.740. The summed E-state index contributed by atoms with van der Waals surface area (Å²) in [7, 11) is 0. The molecule has 3 saturated heterocycles. The zero-order chi connectivity index (χ0) is 17.8. The summed E-state index contributed by atoms with van der Waals surface area (Å²) in [4.78, 5) is 17.9. The molecule has 5 unspecified atom stereocenters. The van der Waals surface area contributed by atoms with Crippen molar-refractivity contribution in [2.24, 2.45) is 5.92 Å². The molecule has 6 rings (SSSR count). The number of carbonyl (C=O) groups excluding carboxylic acids is 1. The molecular formula is C19H18N2O3S2. The molecule has 1 N–H and O–H groups in total. The van der Waals surface area contributed by atoms with E-state index in [0.29, 0.717) is 18.1 Å². The Morgan fingerprint density at radius 2 is 2.00 bits per heavy atom. The van der Waals surface area contributed by atoms with Gasteiger partial charge in [-0.1, -0.05) is 24.3 Å². The molecule has 7 heteroatoms. The van der Waals surface area contributed by atoms with Gasteiger partial charge in [-0.2, -0.15) is 0 Å². The van der Waals surface area contributed by atoms with E-state index < -0.39 is 12.2 Å². The first-order valence-corrected chi connectivity index (χ1v) is 10.00. The molecule has 1 saturated carbocycles. The molecular weight excluding hydrogens is 368 g/mol. The maximum Gasteiger partial charge on any atom is 0.311 e. The van der Waals surface area contributed by atoms with Crippen LogP contribution in [-0.4, -0.2) is 45.4 Å². The van der Waals surface area contributed by atoms with E-state index >= 15 is 0 Å². The summed E-state index contributed by atoms with van der Waals surface area (Å²) in [6.45, 7) is 0.661. The van der Waals surface area contributed by atoms with Crippen LogP contribution in [0.25, 0.3) is 0 Å². The fourth-order valence-corrected chi connectivity index (χ4v) is 5.62. The van der Waals surface area contributed by atoms with Crippen LogP contribution in [0.1, 0.15) is 11.3 Å². The molecule has 4 aliphatic rings. The summed E-state index contributed by atoms with van der Waals surface area (Å²) in [5.74, 6) is -0.588. The van der Waals surface area contributed by atoms with E-state index in [0.717, 1.165) is 5.69 Å². The zero-order valence-corrected chi connectivity index (χ0v) is 15.5. The molecule has 1 aromatic heterocycles. The fourth-order valence-electron chi connectivity index (χ4n) is 4.50. The summed E-state index contributed by atoms with van der Waals surface area (Å²) in [5.41, 5.74) is 0.982. The smallest absolute Gasteiger partial charge is 0.311 e. The van der Waals surface area contributed by atoms with Gasteiger partial charge in [0.25, 0.3) is 0 Å². The second-order valence-electron chi connectivity index (χ2n) is 6.99. The fraction of sp³-hybridized carbons (Fsp3) is 0.368. The summed E-state index contributed by atoms with van der Waals surface area (Å²) < 4.78 is 5.58. The van der Waals surface area contributed by atoms with Crippen LogP contribution >= 0.6 is 23.6 Å². The van der Waals surface area contributed by atoms with E-state index in [1.165, 1.54) is 4.88 Å². The largest absolute Gasteiger partial charge is 0.457 e. The molecule has 2 bridgehead atoms. The predicted octanol–water partition coefficient (Wildman–Crippen LogP) is 2.40. The number of fused-ring (bicyclic) bond motifs is 2. The Morgan fingerprint density at radius 1 is 1.19 bits per heavy atom. The standard InChI is InChI=1S/C19H18N2O3S2/c22-14-9-13-15-16(17(14)24-18(13)23)20(10-12-7-4-8-26-12)19(25)21(15)11-5-2-1-3-6-11/h1-8,13-17,22H,9-10H2. The molecule has 134 valence electrons. The lowest BCUT2D eigenvalue weighted by molar-refractivity contribution is -0.194. The highest BCUT2D eigenvalue weighted by atomic mass is 32.1. The van der Waals surface area contributed by atoms with Crippen LogP contribution in [-0.2, 0) is 16.1 Å². The first-order valence-electron chi connectivity index (χ1n) is 8.71. The van der Waals surface area contributed by atoms with Crippen molar-refractivity contribution < 1.29 is 14.6 Å². The SMILES string of the molecule is O=C1OC2C(O)CC1C1C2N(Cc2cccs2)C(=S)N1c1ccccc1. The molecule has 2 aromatic rings. The number of aliphatic hydroxyl groups excluding tert-OH is 1. The van der Waals surface area contributed by atoms with Crippen molar-refractivity contribution in [1.29, 1.82) is 0 Å². The third-order valence-corrected chi connectivity index (χ3v) is 6.87. The number of aliphatic hydroxyl groups is 1. The van der Waals surface area contributed by atoms with Gasteiger partial charge < -0.3 is 19.6 Å². The molecule has 4 heterocycles. The number of carbonyl (C=O) groups is 1. The van der Waals surface area contributed by atoms with Gasteiger partial charge in [0.05, 0.1) is 30.7 Å². The summed E-state index contributed by atoms with van der Waals surface area (Å²) in [5, 5.41) is 13.2. The van der Waals surface area contributed by atoms with Crippen LogP contribution in [0.2, 0.25) is 0 Å². The molecule has 4 fully saturated rings. The minimum atomic E-state index is -0.636. The van der Waals surface area contributed by atoms with Gasteiger partial charge in [0.1, 0.15) is 6.10 Å². The Bertz CT molecular complexity index is 842. The molecule has 26 heavy (non-hydrogen) atoms. The lowest BCUT2D eigenvalue weighted by atomic mass is 9.74. The number of thiocarbonyl (C=S) groups is 1. The molecule has 3 aliphatic heterocycles. The first kappa shape index (κ1) is 16.2. The van der Waals surface area contributed by atoms with Gasteiger partial charge in [-0.05, 0) is 42.2 Å². The maximum atomic E-state index is 12.4. The van der Waals surface area contributed by atoms with Gasteiger partial charge in [-0.3, -0.25) is 4.79 Å². The Kier molecular flexibility index (Phi) is 3.77. The van der Waals surface area contributed by atoms with Crippen LogP contribution < -0.4 is 4.90 Å². The molecule has 1 aliphatic carbocycles. The number of rotatable bonds is 3. The molecule has 0 amide bonds. The molecule has 1 aromatic carbocycles. The zero-order valence-electron chi connectivity index (χ0n) is 13.9. The van der Waals surface area contributed by atoms with Crippen LogP contribution in [0.15, 0.2) is 47.8 Å². The van der Waals surface area contributed by atoms with Gasteiger partial charge in [0.15, 0.2) is 5.11 Å². The Morgan fingerprint density at radius 3 is 2.73 bits per heavy atom. The van der Waals surface area contributed by atoms with E-state index in [2.05, 4.69) is 15.9 Å². The number of benzene rings is 1. The Balaban J connectivity index is 1.59. The monoisotopic (exact) mass is 386 g/mol. The average molecular weight is 386 g/mol. The van der Waals surface area contributed by atoms with Crippen molar-refractivity contribution in [3.8, 4) is 0 Å². The lowest BCUT2D eigenvalue weighted by Gasteiger charge is -2.49. The van der Waals surface area contributed by atoms with E-state index in [9.17, 15) is 9.90 Å². The van der Waals surface area contributed by atoms with Gasteiger partial charge in [-0.15, -0.1) is 11.3 Å². The number of para-hydroxylation sites is 1. The minimum absolute atomic E-state index is 0.0977. The second kappa shape index (κ2) is 6.04. The van der Waals surface area contributed by atoms with E-state index in [4.69, 9.17) is 17.0 Å². The van der Waals surface area contributed by atoms with Crippen molar-refractivity contribution in [2.45, 2.75) is 37.3 Å². The number of nitrogens with zero attached hydrogens (tertiary/aromatic N) is 2. The lowest BCUT2D eigenvalue weighted by Crippen LogP contribution is -2.66. The quantitative estimate of drug-likeness (QED) is 0.646. The number of hydrogen-bond donors (Lipinski definition) is 1. The van der Waals surface area contributed by atoms with Crippen molar-refractivity contribution in [3.05, 3.63) is 52.7 Å². The van der Waals surface area contributed by atoms with Crippen molar-refractivity contribution >= 4 is 40.3 Å². The predicted molar refractivity (Wildman–Crippen MR) is 103 cm³/mol. The topological polar surface area (TPSA) is 53.0 Å². The Labute approximate surface area is 160 Å². The summed E-state index contributed by atoms with van der Waals surface area (Å²) >= 11 is 7.53. The third-order valence-electron chi connectivity index (χ3n) is 5.58. The van der Waals surface area contributed by atoms with Crippen molar-refractivity contribution in [1.82, 2.24) is 4.90 Å². The molecule has 0 radical (unpaired) electrons. The molecule has 5 atom stereocenters. The number of anilines is 1. The number of ether oxygens (including phenoxy) is 1. The van der Waals surface area contributed by atoms with Crippen molar-refractivity contribution in [2.75, 3.05) is 4.90 Å². The second-order valence-corrected chi connectivity index (χ2v) is 8.39. The van der Waals surface area contributed by atoms with Crippen LogP contribution in [0.4, 0.5) is 5.69 Å². The molecule has 5 nitrogen and oxygen atoms in total. The van der Waals surface area contributed by atoms with E-state index in [-0.39, 0.29) is 24.0 Å². The number of hydrogen-bond acceptors (Lipinski definition) is 5. The first-order chi connectivity index (χ1) is 12.6. The highest BCUT2D eigenvalue weighted by Crippen LogP contribution is 2.46. The minimum Gasteiger partial charge on any atom is -0.457 e. The Hall–Kier alpha value is -1.96. The number of esters is 1. The maximum absolute atomic E-state index is 12.4. The highest BCUT2D eigenvalue weighted by molar-refractivity contribution is 7.80. The van der Waals surface area contributed by atoms with Crippen LogP contribution in [0, 0.1) is 5.92 Å². The van der Waals surface area contributed by atoms with Gasteiger partial charge in [0, 0.05) is 10.6 Å². The molecule has 0 spiro atoms. The van der Waals surface area contributed by atoms with Gasteiger partial charge >= 0.3 is 5.97 Å². The van der Waals surface area contributed by atoms with E-state index in [1.54, 1.807) is 11.3 Å². The average Bonchev–Trinajstić information content (AvgIpc) is 3.25. The summed E-state index contributed by atoms with van der Waals surface area (Å²) in [6, 6.07) is 13.8. The van der Waals surface area contributed by atoms with Crippen molar-refractivity contribution in [3.63, 3.8) is 0 Å². The van der Waals surface area contributed by atoms with Crippen LogP contribution in [0.5, 0.6) is 0 Å². The van der Waals surface area contributed by atoms with Crippen LogP contribution in [0.3, 0.4) is 0 Å². The third kappa shape index (κ3) is 2.31. The highest BCUT2D eigenvalue weighted by Gasteiger charge is 2.62. The number of thiophene rings is 1. The normalized spacial score (nSPS) is 32.7. The van der Waals surface area contributed by atoms with Gasteiger partial charge in [-0.25, -0.2) is 0 Å². The van der Waals surface area contributed by atoms with E-state index in [1.807, 2.05) is 41.8 Å². The van der Waals surface area contributed by atoms with Gasteiger partial charge in [0.2, 0.25) is 0 Å².